The SMILES string of the molecule is C=CCC1(O)CCC(C)CC1C. The van der Waals surface area contributed by atoms with E-state index < -0.39 is 5.60 Å². The van der Waals surface area contributed by atoms with Crippen molar-refractivity contribution in [3.8, 4) is 0 Å². The first-order valence-corrected chi connectivity index (χ1v) is 4.92. The molecule has 0 saturated heterocycles. The van der Waals surface area contributed by atoms with Crippen LogP contribution in [0.3, 0.4) is 0 Å². The van der Waals surface area contributed by atoms with Crippen molar-refractivity contribution in [1.29, 1.82) is 0 Å². The van der Waals surface area contributed by atoms with Crippen LogP contribution in [0, 0.1) is 11.8 Å². The van der Waals surface area contributed by atoms with E-state index in [1.165, 1.54) is 0 Å². The molecule has 0 spiro atoms. The maximum Gasteiger partial charge on any atom is 0.0707 e. The van der Waals surface area contributed by atoms with Gasteiger partial charge in [0.05, 0.1) is 5.60 Å². The van der Waals surface area contributed by atoms with Crippen molar-refractivity contribution in [2.75, 3.05) is 0 Å². The van der Waals surface area contributed by atoms with Crippen molar-refractivity contribution in [2.45, 2.75) is 45.1 Å². The fraction of sp³-hybridized carbons (Fsp3) is 0.818. The van der Waals surface area contributed by atoms with E-state index in [4.69, 9.17) is 0 Å². The highest BCUT2D eigenvalue weighted by Gasteiger charge is 2.36. The van der Waals surface area contributed by atoms with Gasteiger partial charge in [-0.2, -0.15) is 0 Å². The fourth-order valence-electron chi connectivity index (χ4n) is 2.24. The van der Waals surface area contributed by atoms with Gasteiger partial charge in [-0.15, -0.1) is 6.58 Å². The molecule has 1 saturated carbocycles. The minimum Gasteiger partial charge on any atom is -0.389 e. The van der Waals surface area contributed by atoms with Crippen LogP contribution in [0.1, 0.15) is 39.5 Å². The summed E-state index contributed by atoms with van der Waals surface area (Å²) in [5, 5.41) is 10.2. The number of rotatable bonds is 2. The molecule has 3 atom stereocenters. The van der Waals surface area contributed by atoms with E-state index in [1.807, 2.05) is 6.08 Å². The zero-order chi connectivity index (χ0) is 9.19. The Labute approximate surface area is 75.5 Å². The lowest BCUT2D eigenvalue weighted by Gasteiger charge is -2.40. The Morgan fingerprint density at radius 3 is 2.75 bits per heavy atom. The van der Waals surface area contributed by atoms with Crippen LogP contribution >= 0.6 is 0 Å². The van der Waals surface area contributed by atoms with Crippen molar-refractivity contribution in [3.05, 3.63) is 12.7 Å². The molecule has 12 heavy (non-hydrogen) atoms. The monoisotopic (exact) mass is 168 g/mol. The maximum absolute atomic E-state index is 10.2. The Balaban J connectivity index is 2.59. The summed E-state index contributed by atoms with van der Waals surface area (Å²) < 4.78 is 0. The molecular weight excluding hydrogens is 148 g/mol. The summed E-state index contributed by atoms with van der Waals surface area (Å²) in [4.78, 5) is 0. The second-order valence-corrected chi connectivity index (χ2v) is 4.38. The molecular formula is C11H20O. The van der Waals surface area contributed by atoms with Crippen molar-refractivity contribution < 1.29 is 5.11 Å². The summed E-state index contributed by atoms with van der Waals surface area (Å²) in [6.07, 6.45) is 5.85. The van der Waals surface area contributed by atoms with Crippen molar-refractivity contribution in [1.82, 2.24) is 0 Å². The minimum absolute atomic E-state index is 0.430. The van der Waals surface area contributed by atoms with E-state index in [1.54, 1.807) is 0 Å². The first-order valence-electron chi connectivity index (χ1n) is 4.92. The second kappa shape index (κ2) is 3.61. The molecule has 70 valence electrons. The first kappa shape index (κ1) is 9.79. The third kappa shape index (κ3) is 1.89. The van der Waals surface area contributed by atoms with Gasteiger partial charge in [0.2, 0.25) is 0 Å². The first-order chi connectivity index (χ1) is 5.58. The molecule has 0 radical (unpaired) electrons. The summed E-state index contributed by atoms with van der Waals surface area (Å²) >= 11 is 0. The zero-order valence-electron chi connectivity index (χ0n) is 8.21. The van der Waals surface area contributed by atoms with Gasteiger partial charge in [-0.05, 0) is 37.5 Å². The Hall–Kier alpha value is -0.300. The van der Waals surface area contributed by atoms with Crippen LogP contribution in [-0.4, -0.2) is 10.7 Å². The molecule has 0 aliphatic heterocycles. The van der Waals surface area contributed by atoms with Gasteiger partial charge in [0, 0.05) is 0 Å². The van der Waals surface area contributed by atoms with Crippen LogP contribution in [0.15, 0.2) is 12.7 Å². The van der Waals surface area contributed by atoms with E-state index in [-0.39, 0.29) is 0 Å². The van der Waals surface area contributed by atoms with E-state index in [2.05, 4.69) is 20.4 Å². The summed E-state index contributed by atoms with van der Waals surface area (Å²) in [7, 11) is 0. The highest BCUT2D eigenvalue weighted by atomic mass is 16.3. The van der Waals surface area contributed by atoms with Gasteiger partial charge in [0.25, 0.3) is 0 Å². The van der Waals surface area contributed by atoms with Gasteiger partial charge in [-0.1, -0.05) is 19.9 Å². The molecule has 1 nitrogen and oxygen atoms in total. The van der Waals surface area contributed by atoms with Gasteiger partial charge in [0.1, 0.15) is 0 Å². The van der Waals surface area contributed by atoms with Crippen LogP contribution in [0.25, 0.3) is 0 Å². The summed E-state index contributed by atoms with van der Waals surface area (Å²) in [6.45, 7) is 8.11. The van der Waals surface area contributed by atoms with E-state index in [0.29, 0.717) is 5.92 Å². The van der Waals surface area contributed by atoms with Gasteiger partial charge in [-0.3, -0.25) is 0 Å². The Morgan fingerprint density at radius 1 is 1.58 bits per heavy atom. The molecule has 0 heterocycles. The minimum atomic E-state index is -0.450. The van der Waals surface area contributed by atoms with Crippen molar-refractivity contribution in [3.63, 3.8) is 0 Å². The molecule has 0 bridgehead atoms. The summed E-state index contributed by atoms with van der Waals surface area (Å²) in [5.74, 6) is 1.21. The van der Waals surface area contributed by atoms with E-state index in [0.717, 1.165) is 31.6 Å². The number of hydrogen-bond donors (Lipinski definition) is 1. The van der Waals surface area contributed by atoms with Crippen molar-refractivity contribution in [2.24, 2.45) is 11.8 Å². The van der Waals surface area contributed by atoms with Crippen LogP contribution in [0.5, 0.6) is 0 Å². The summed E-state index contributed by atoms with van der Waals surface area (Å²) in [6, 6.07) is 0. The lowest BCUT2D eigenvalue weighted by atomic mass is 9.71. The van der Waals surface area contributed by atoms with Gasteiger partial charge >= 0.3 is 0 Å². The Kier molecular flexibility index (Phi) is 2.94. The standard InChI is InChI=1S/C11H20O/c1-4-6-11(12)7-5-9(2)8-10(11)3/h4,9-10,12H,1,5-8H2,2-3H3. The normalized spacial score (nSPS) is 42.6. The molecule has 0 amide bonds. The average molecular weight is 168 g/mol. The number of aliphatic hydroxyl groups is 1. The average Bonchev–Trinajstić information content (AvgIpc) is 1.99. The lowest BCUT2D eigenvalue weighted by molar-refractivity contribution is -0.0500. The third-order valence-electron chi connectivity index (χ3n) is 3.24. The van der Waals surface area contributed by atoms with Crippen LogP contribution in [0.4, 0.5) is 0 Å². The smallest absolute Gasteiger partial charge is 0.0707 e. The fourth-order valence-corrected chi connectivity index (χ4v) is 2.24. The summed E-state index contributed by atoms with van der Waals surface area (Å²) in [5.41, 5.74) is -0.450. The molecule has 1 rings (SSSR count). The second-order valence-electron chi connectivity index (χ2n) is 4.38. The Bertz CT molecular complexity index is 164. The predicted molar refractivity (Wildman–Crippen MR) is 51.9 cm³/mol. The molecule has 1 aliphatic rings. The molecule has 1 aliphatic carbocycles. The molecule has 3 unspecified atom stereocenters. The third-order valence-corrected chi connectivity index (χ3v) is 3.24. The Morgan fingerprint density at radius 2 is 2.25 bits per heavy atom. The molecule has 0 aromatic rings. The zero-order valence-corrected chi connectivity index (χ0v) is 8.21. The maximum atomic E-state index is 10.2. The molecule has 0 aromatic heterocycles. The van der Waals surface area contributed by atoms with E-state index in [9.17, 15) is 5.11 Å². The number of hydrogen-bond acceptors (Lipinski definition) is 1. The topological polar surface area (TPSA) is 20.2 Å². The van der Waals surface area contributed by atoms with Gasteiger partial charge < -0.3 is 5.11 Å². The van der Waals surface area contributed by atoms with Gasteiger partial charge in [0.15, 0.2) is 0 Å². The van der Waals surface area contributed by atoms with Crippen molar-refractivity contribution >= 4 is 0 Å². The molecule has 1 heteroatoms. The molecule has 1 fully saturated rings. The quantitative estimate of drug-likeness (QED) is 0.629. The highest BCUT2D eigenvalue weighted by molar-refractivity contribution is 4.94. The van der Waals surface area contributed by atoms with Gasteiger partial charge in [-0.25, -0.2) is 0 Å². The highest BCUT2D eigenvalue weighted by Crippen LogP contribution is 2.38. The van der Waals surface area contributed by atoms with E-state index >= 15 is 0 Å². The largest absolute Gasteiger partial charge is 0.389 e. The van der Waals surface area contributed by atoms with Crippen LogP contribution in [0.2, 0.25) is 0 Å². The lowest BCUT2D eigenvalue weighted by Crippen LogP contribution is -2.40. The predicted octanol–water partition coefficient (Wildman–Crippen LogP) is 2.75. The molecule has 0 aromatic carbocycles. The van der Waals surface area contributed by atoms with Crippen LogP contribution in [-0.2, 0) is 0 Å². The molecule has 1 N–H and O–H groups in total. The van der Waals surface area contributed by atoms with Crippen LogP contribution < -0.4 is 0 Å².